The number of hydrogen-bond acceptors (Lipinski definition) is 4. The first kappa shape index (κ1) is 17.8. The van der Waals surface area contributed by atoms with Crippen molar-refractivity contribution < 1.29 is 9.18 Å². The van der Waals surface area contributed by atoms with E-state index in [4.69, 9.17) is 5.73 Å². The van der Waals surface area contributed by atoms with Crippen LogP contribution >= 0.6 is 0 Å². The van der Waals surface area contributed by atoms with Gasteiger partial charge in [0, 0.05) is 6.42 Å². The smallest absolute Gasteiger partial charge is 0.225 e. The zero-order chi connectivity index (χ0) is 19.7. The molecule has 2 aromatic carbocycles. The van der Waals surface area contributed by atoms with E-state index < -0.39 is 5.91 Å². The van der Waals surface area contributed by atoms with Crippen LogP contribution in [0.4, 0.5) is 4.39 Å². The lowest BCUT2D eigenvalue weighted by molar-refractivity contribution is -0.117. The number of nitrogens with zero attached hydrogens (tertiary/aromatic N) is 4. The minimum absolute atomic E-state index is 0.0256. The van der Waals surface area contributed by atoms with Gasteiger partial charge in [0.2, 0.25) is 5.91 Å². The fraction of sp³-hybridized carbons (Fsp3) is 0.200. The lowest BCUT2D eigenvalue weighted by Gasteiger charge is -2.07. The molecular weight excluding hydrogens is 359 g/mol. The number of imidazole rings is 1. The van der Waals surface area contributed by atoms with Crippen molar-refractivity contribution in [1.29, 1.82) is 0 Å². The number of fused-ring (bicyclic) bond motifs is 1. The number of nitrogens with two attached hydrogens (primary N) is 1. The van der Waals surface area contributed by atoms with E-state index in [-0.39, 0.29) is 12.2 Å². The van der Waals surface area contributed by atoms with Gasteiger partial charge >= 0.3 is 0 Å². The molecule has 0 atom stereocenters. The summed E-state index contributed by atoms with van der Waals surface area (Å²) in [6.07, 6.45) is 0.503. The number of amides is 1. The van der Waals surface area contributed by atoms with Gasteiger partial charge in [0.15, 0.2) is 5.82 Å². The second-order valence-corrected chi connectivity index (χ2v) is 6.72. The van der Waals surface area contributed by atoms with Gasteiger partial charge in [-0.15, -0.1) is 0 Å². The van der Waals surface area contributed by atoms with Crippen LogP contribution in [0, 0.1) is 12.7 Å². The van der Waals surface area contributed by atoms with Crippen LogP contribution in [0.5, 0.6) is 0 Å². The number of aromatic nitrogens is 5. The van der Waals surface area contributed by atoms with Crippen LogP contribution in [0.15, 0.2) is 42.5 Å². The van der Waals surface area contributed by atoms with Crippen molar-refractivity contribution in [2.75, 3.05) is 0 Å². The van der Waals surface area contributed by atoms with Crippen LogP contribution in [0.2, 0.25) is 0 Å². The quantitative estimate of drug-likeness (QED) is 0.537. The first-order chi connectivity index (χ1) is 13.5. The van der Waals surface area contributed by atoms with Gasteiger partial charge in [-0.3, -0.25) is 4.79 Å². The summed E-state index contributed by atoms with van der Waals surface area (Å²) in [6, 6.07) is 12.2. The number of rotatable bonds is 6. The predicted octanol–water partition coefficient (Wildman–Crippen LogP) is 2.27. The SMILES string of the molecule is Cc1nc2ccc(Cc3nc(CC(N)=O)nn3Cc3ccc(F)cc3)cc2[nH]1. The van der Waals surface area contributed by atoms with E-state index >= 15 is 0 Å². The molecule has 3 N–H and O–H groups in total. The van der Waals surface area contributed by atoms with Gasteiger partial charge in [0.1, 0.15) is 17.5 Å². The second-order valence-electron chi connectivity index (χ2n) is 6.72. The van der Waals surface area contributed by atoms with E-state index in [1.165, 1.54) is 12.1 Å². The zero-order valence-corrected chi connectivity index (χ0v) is 15.3. The Kier molecular flexibility index (Phi) is 4.60. The molecule has 1 amide bonds. The van der Waals surface area contributed by atoms with E-state index in [1.807, 2.05) is 25.1 Å². The Balaban J connectivity index is 1.65. The van der Waals surface area contributed by atoms with Gasteiger partial charge in [0.05, 0.1) is 24.0 Å². The normalized spacial score (nSPS) is 11.2. The van der Waals surface area contributed by atoms with Gasteiger partial charge < -0.3 is 10.7 Å². The Labute approximate surface area is 160 Å². The van der Waals surface area contributed by atoms with Gasteiger partial charge in [0.25, 0.3) is 0 Å². The van der Waals surface area contributed by atoms with Crippen molar-refractivity contribution in [3.63, 3.8) is 0 Å². The molecule has 4 rings (SSSR count). The highest BCUT2D eigenvalue weighted by molar-refractivity contribution is 5.76. The fourth-order valence-electron chi connectivity index (χ4n) is 3.15. The molecule has 8 heteroatoms. The lowest BCUT2D eigenvalue weighted by Crippen LogP contribution is -2.15. The van der Waals surface area contributed by atoms with Crippen LogP contribution in [0.1, 0.15) is 28.6 Å². The minimum atomic E-state index is -0.486. The summed E-state index contributed by atoms with van der Waals surface area (Å²) < 4.78 is 14.9. The second kappa shape index (κ2) is 7.22. The molecule has 0 bridgehead atoms. The molecule has 0 radical (unpaired) electrons. The molecule has 0 spiro atoms. The molecule has 7 nitrogen and oxygen atoms in total. The van der Waals surface area contributed by atoms with E-state index in [0.717, 1.165) is 28.0 Å². The number of benzene rings is 2. The number of nitrogens with one attached hydrogen (secondary N) is 1. The van der Waals surface area contributed by atoms with E-state index in [9.17, 15) is 9.18 Å². The van der Waals surface area contributed by atoms with Crippen LogP contribution < -0.4 is 5.73 Å². The number of carbonyl (C=O) groups is 1. The number of aryl methyl sites for hydroxylation is 1. The van der Waals surface area contributed by atoms with Crippen molar-refractivity contribution in [1.82, 2.24) is 24.7 Å². The van der Waals surface area contributed by atoms with Gasteiger partial charge in [-0.1, -0.05) is 18.2 Å². The van der Waals surface area contributed by atoms with Gasteiger partial charge in [-0.05, 0) is 42.3 Å². The molecule has 0 aliphatic carbocycles. The van der Waals surface area contributed by atoms with Crippen molar-refractivity contribution in [3.8, 4) is 0 Å². The highest BCUT2D eigenvalue weighted by Gasteiger charge is 2.14. The number of halogens is 1. The number of carbonyl (C=O) groups excluding carboxylic acids is 1. The molecule has 2 heterocycles. The monoisotopic (exact) mass is 378 g/mol. The fourth-order valence-corrected chi connectivity index (χ4v) is 3.15. The van der Waals surface area contributed by atoms with E-state index in [1.54, 1.807) is 16.8 Å². The average Bonchev–Trinajstić information content (AvgIpc) is 3.18. The third kappa shape index (κ3) is 3.90. The third-order valence-electron chi connectivity index (χ3n) is 4.40. The Morgan fingerprint density at radius 1 is 1.14 bits per heavy atom. The highest BCUT2D eigenvalue weighted by Crippen LogP contribution is 2.17. The zero-order valence-electron chi connectivity index (χ0n) is 15.3. The molecule has 0 unspecified atom stereocenters. The Hall–Kier alpha value is -3.55. The number of hydrogen-bond donors (Lipinski definition) is 2. The van der Waals surface area contributed by atoms with Crippen molar-refractivity contribution in [2.24, 2.45) is 5.73 Å². The molecule has 142 valence electrons. The Morgan fingerprint density at radius 3 is 2.64 bits per heavy atom. The lowest BCUT2D eigenvalue weighted by atomic mass is 10.1. The third-order valence-corrected chi connectivity index (χ3v) is 4.40. The van der Waals surface area contributed by atoms with Gasteiger partial charge in [-0.2, -0.15) is 5.10 Å². The van der Waals surface area contributed by atoms with Crippen LogP contribution in [0.3, 0.4) is 0 Å². The largest absolute Gasteiger partial charge is 0.369 e. The number of H-pyrrole nitrogens is 1. The average molecular weight is 378 g/mol. The maximum atomic E-state index is 13.2. The van der Waals surface area contributed by atoms with E-state index in [2.05, 4.69) is 20.1 Å². The van der Waals surface area contributed by atoms with E-state index in [0.29, 0.717) is 24.6 Å². The molecule has 2 aromatic heterocycles. The van der Waals surface area contributed by atoms with Crippen LogP contribution in [0.25, 0.3) is 11.0 Å². The predicted molar refractivity (Wildman–Crippen MR) is 102 cm³/mol. The summed E-state index contributed by atoms with van der Waals surface area (Å²) >= 11 is 0. The van der Waals surface area contributed by atoms with Crippen molar-refractivity contribution in [2.45, 2.75) is 26.3 Å². The molecular formula is C20H19FN6O. The topological polar surface area (TPSA) is 102 Å². The standard InChI is InChI=1S/C20H19FN6O/c1-12-23-16-7-4-14(8-17(16)24-12)9-20-25-19(10-18(22)28)26-27(20)11-13-2-5-15(21)6-3-13/h2-8H,9-11H2,1H3,(H2,22,28)(H,23,24). The highest BCUT2D eigenvalue weighted by atomic mass is 19.1. The van der Waals surface area contributed by atoms with Crippen LogP contribution in [-0.4, -0.2) is 30.6 Å². The van der Waals surface area contributed by atoms with Gasteiger partial charge in [-0.25, -0.2) is 19.0 Å². The van der Waals surface area contributed by atoms with Crippen molar-refractivity contribution >= 4 is 16.9 Å². The summed E-state index contributed by atoms with van der Waals surface area (Å²) in [5.41, 5.74) is 9.07. The molecule has 0 aliphatic heterocycles. The summed E-state index contributed by atoms with van der Waals surface area (Å²) in [5, 5.41) is 4.42. The summed E-state index contributed by atoms with van der Waals surface area (Å²) in [7, 11) is 0. The van der Waals surface area contributed by atoms with Crippen molar-refractivity contribution in [3.05, 3.63) is 76.9 Å². The molecule has 4 aromatic rings. The molecule has 0 fully saturated rings. The maximum absolute atomic E-state index is 13.2. The Bertz CT molecular complexity index is 1150. The molecule has 28 heavy (non-hydrogen) atoms. The Morgan fingerprint density at radius 2 is 1.89 bits per heavy atom. The first-order valence-corrected chi connectivity index (χ1v) is 8.87. The summed E-state index contributed by atoms with van der Waals surface area (Å²) in [6.45, 7) is 2.34. The molecule has 0 saturated carbocycles. The first-order valence-electron chi connectivity index (χ1n) is 8.87. The summed E-state index contributed by atoms with van der Waals surface area (Å²) in [5.74, 6) is 1.16. The molecule has 0 saturated heterocycles. The molecule has 0 aliphatic rings. The summed E-state index contributed by atoms with van der Waals surface area (Å²) in [4.78, 5) is 23.4. The number of primary amides is 1. The maximum Gasteiger partial charge on any atom is 0.225 e. The minimum Gasteiger partial charge on any atom is -0.369 e. The number of aromatic amines is 1. The van der Waals surface area contributed by atoms with Crippen LogP contribution in [-0.2, 0) is 24.2 Å².